The minimum absolute atomic E-state index is 0.246. The smallest absolute Gasteiger partial charge is 0.183 e. The highest BCUT2D eigenvalue weighted by Gasteiger charge is 2.21. The predicted molar refractivity (Wildman–Crippen MR) is 58.1 cm³/mol. The number of thiazole rings is 1. The van der Waals surface area contributed by atoms with Gasteiger partial charge in [-0.3, -0.25) is 4.79 Å². The lowest BCUT2D eigenvalue weighted by atomic mass is 10.0. The van der Waals surface area contributed by atoms with Gasteiger partial charge >= 0.3 is 0 Å². The zero-order valence-electron chi connectivity index (χ0n) is 7.88. The Bertz CT molecular complexity index is 370. The number of anilines is 1. The number of ketones is 1. The van der Waals surface area contributed by atoms with Crippen LogP contribution in [0.4, 0.5) is 5.13 Å². The number of carbonyl (C=O) groups excluding carboxylic acids is 1. The standard InChI is InChI=1S/C10H12N2OS/c1-2-6-11-10-12-7-4-3-5-8(13)9(7)14-10/h2H,1,3-6H2,(H,11,12). The van der Waals surface area contributed by atoms with Crippen molar-refractivity contribution in [2.45, 2.75) is 19.3 Å². The van der Waals surface area contributed by atoms with Crippen LogP contribution in [-0.2, 0) is 6.42 Å². The molecule has 0 saturated carbocycles. The van der Waals surface area contributed by atoms with E-state index in [0.717, 1.165) is 28.5 Å². The molecule has 74 valence electrons. The number of aryl methyl sites for hydroxylation is 1. The van der Waals surface area contributed by atoms with Crippen LogP contribution >= 0.6 is 11.3 Å². The van der Waals surface area contributed by atoms with E-state index < -0.39 is 0 Å². The third-order valence-electron chi connectivity index (χ3n) is 2.17. The van der Waals surface area contributed by atoms with Crippen molar-refractivity contribution >= 4 is 22.3 Å². The maximum atomic E-state index is 11.5. The van der Waals surface area contributed by atoms with Crippen molar-refractivity contribution in [2.75, 3.05) is 11.9 Å². The molecule has 0 atom stereocenters. The van der Waals surface area contributed by atoms with Crippen molar-refractivity contribution in [2.24, 2.45) is 0 Å². The highest BCUT2D eigenvalue weighted by Crippen LogP contribution is 2.29. The molecular formula is C10H12N2OS. The van der Waals surface area contributed by atoms with Gasteiger partial charge in [-0.2, -0.15) is 0 Å². The molecule has 1 aliphatic rings. The Morgan fingerprint density at radius 2 is 2.43 bits per heavy atom. The minimum atomic E-state index is 0.246. The average Bonchev–Trinajstić information content (AvgIpc) is 2.59. The Morgan fingerprint density at radius 3 is 3.14 bits per heavy atom. The Kier molecular flexibility index (Phi) is 2.63. The summed E-state index contributed by atoms with van der Waals surface area (Å²) >= 11 is 1.46. The second-order valence-corrected chi connectivity index (χ2v) is 4.24. The number of carbonyl (C=O) groups is 1. The lowest BCUT2D eigenvalue weighted by Crippen LogP contribution is -2.07. The first-order valence-electron chi connectivity index (χ1n) is 4.69. The lowest BCUT2D eigenvalue weighted by Gasteiger charge is -2.05. The third kappa shape index (κ3) is 1.70. The number of nitrogens with zero attached hydrogens (tertiary/aromatic N) is 1. The van der Waals surface area contributed by atoms with Gasteiger partial charge in [-0.15, -0.1) is 6.58 Å². The molecule has 1 heterocycles. The first-order valence-corrected chi connectivity index (χ1v) is 5.50. The number of fused-ring (bicyclic) bond motifs is 1. The molecule has 0 fully saturated rings. The number of rotatable bonds is 3. The average molecular weight is 208 g/mol. The maximum absolute atomic E-state index is 11.5. The van der Waals surface area contributed by atoms with Gasteiger partial charge in [-0.25, -0.2) is 4.98 Å². The summed E-state index contributed by atoms with van der Waals surface area (Å²) in [4.78, 5) is 16.7. The number of hydrogen-bond acceptors (Lipinski definition) is 4. The molecule has 1 aliphatic carbocycles. The minimum Gasteiger partial charge on any atom is -0.358 e. The van der Waals surface area contributed by atoms with Crippen LogP contribution in [0.25, 0.3) is 0 Å². The normalized spacial score (nSPS) is 15.0. The summed E-state index contributed by atoms with van der Waals surface area (Å²) in [5.41, 5.74) is 0.970. The summed E-state index contributed by atoms with van der Waals surface area (Å²) in [6.07, 6.45) is 4.34. The fraction of sp³-hybridized carbons (Fsp3) is 0.400. The lowest BCUT2D eigenvalue weighted by molar-refractivity contribution is 0.0976. The van der Waals surface area contributed by atoms with Crippen LogP contribution in [-0.4, -0.2) is 17.3 Å². The Morgan fingerprint density at radius 1 is 1.57 bits per heavy atom. The molecule has 1 aromatic heterocycles. The fourth-order valence-electron chi connectivity index (χ4n) is 1.50. The van der Waals surface area contributed by atoms with Crippen LogP contribution in [0.3, 0.4) is 0 Å². The molecule has 1 aromatic rings. The molecule has 0 aliphatic heterocycles. The molecule has 0 saturated heterocycles. The van der Waals surface area contributed by atoms with Gasteiger partial charge in [-0.05, 0) is 12.8 Å². The molecule has 0 unspecified atom stereocenters. The highest BCUT2D eigenvalue weighted by molar-refractivity contribution is 7.17. The van der Waals surface area contributed by atoms with Gasteiger partial charge in [0.05, 0.1) is 10.6 Å². The summed E-state index contributed by atoms with van der Waals surface area (Å²) < 4.78 is 0. The summed E-state index contributed by atoms with van der Waals surface area (Å²) in [7, 11) is 0. The van der Waals surface area contributed by atoms with E-state index in [0.29, 0.717) is 13.0 Å². The number of hydrogen-bond donors (Lipinski definition) is 1. The van der Waals surface area contributed by atoms with Crippen LogP contribution in [0.1, 0.15) is 28.2 Å². The van der Waals surface area contributed by atoms with Gasteiger partial charge in [0, 0.05) is 13.0 Å². The third-order valence-corrected chi connectivity index (χ3v) is 3.26. The van der Waals surface area contributed by atoms with Gasteiger partial charge in [0.2, 0.25) is 0 Å². The SMILES string of the molecule is C=CCNc1nc2c(s1)C(=O)CCC2. The summed E-state index contributed by atoms with van der Waals surface area (Å²) in [6.45, 7) is 4.32. The molecule has 14 heavy (non-hydrogen) atoms. The van der Waals surface area contributed by atoms with Crippen LogP contribution in [0, 0.1) is 0 Å². The van der Waals surface area contributed by atoms with E-state index >= 15 is 0 Å². The van der Waals surface area contributed by atoms with Crippen molar-refractivity contribution in [1.82, 2.24) is 4.98 Å². The van der Waals surface area contributed by atoms with Crippen LogP contribution in [0.2, 0.25) is 0 Å². The second-order valence-electron chi connectivity index (χ2n) is 3.24. The summed E-state index contributed by atoms with van der Waals surface area (Å²) in [5.74, 6) is 0.246. The molecule has 0 aromatic carbocycles. The van der Waals surface area contributed by atoms with Gasteiger partial charge in [0.15, 0.2) is 10.9 Å². The molecular weight excluding hydrogens is 196 g/mol. The number of Topliss-reactive ketones (excluding diaryl/α,β-unsaturated/α-hetero) is 1. The van der Waals surface area contributed by atoms with Crippen LogP contribution < -0.4 is 5.32 Å². The largest absolute Gasteiger partial charge is 0.358 e. The quantitative estimate of drug-likeness (QED) is 0.775. The molecule has 4 heteroatoms. The molecule has 0 radical (unpaired) electrons. The predicted octanol–water partition coefficient (Wildman–Crippen LogP) is 2.26. The molecule has 0 bridgehead atoms. The van der Waals surface area contributed by atoms with Crippen LogP contribution in [0.15, 0.2) is 12.7 Å². The van der Waals surface area contributed by atoms with Gasteiger partial charge < -0.3 is 5.32 Å². The molecule has 3 nitrogen and oxygen atoms in total. The molecule has 0 spiro atoms. The zero-order valence-corrected chi connectivity index (χ0v) is 8.69. The van der Waals surface area contributed by atoms with E-state index in [9.17, 15) is 4.79 Å². The van der Waals surface area contributed by atoms with E-state index in [2.05, 4.69) is 16.9 Å². The second kappa shape index (κ2) is 3.92. The van der Waals surface area contributed by atoms with Gasteiger partial charge in [-0.1, -0.05) is 17.4 Å². The van der Waals surface area contributed by atoms with Gasteiger partial charge in [0.1, 0.15) is 0 Å². The molecule has 2 rings (SSSR count). The summed E-state index contributed by atoms with van der Waals surface area (Å²) in [6, 6.07) is 0. The van der Waals surface area contributed by atoms with E-state index in [-0.39, 0.29) is 5.78 Å². The number of nitrogens with one attached hydrogen (secondary N) is 1. The van der Waals surface area contributed by atoms with E-state index in [1.54, 1.807) is 6.08 Å². The topological polar surface area (TPSA) is 42.0 Å². The van der Waals surface area contributed by atoms with E-state index in [1.165, 1.54) is 11.3 Å². The van der Waals surface area contributed by atoms with Crippen molar-refractivity contribution in [1.29, 1.82) is 0 Å². The highest BCUT2D eigenvalue weighted by atomic mass is 32.1. The fourth-order valence-corrected chi connectivity index (χ4v) is 2.49. The zero-order chi connectivity index (χ0) is 9.97. The van der Waals surface area contributed by atoms with Crippen molar-refractivity contribution in [3.8, 4) is 0 Å². The first kappa shape index (κ1) is 9.40. The van der Waals surface area contributed by atoms with Crippen LogP contribution in [0.5, 0.6) is 0 Å². The van der Waals surface area contributed by atoms with Crippen molar-refractivity contribution in [3.05, 3.63) is 23.2 Å². The van der Waals surface area contributed by atoms with Crippen molar-refractivity contribution < 1.29 is 4.79 Å². The Balaban J connectivity index is 2.21. The Hall–Kier alpha value is -1.16. The van der Waals surface area contributed by atoms with Gasteiger partial charge in [0.25, 0.3) is 0 Å². The van der Waals surface area contributed by atoms with E-state index in [4.69, 9.17) is 0 Å². The summed E-state index contributed by atoms with van der Waals surface area (Å²) in [5, 5.41) is 3.95. The molecule has 1 N–H and O–H groups in total. The first-order chi connectivity index (χ1) is 6.81. The van der Waals surface area contributed by atoms with E-state index in [1.807, 2.05) is 0 Å². The van der Waals surface area contributed by atoms with Crippen molar-refractivity contribution in [3.63, 3.8) is 0 Å². The Labute approximate surface area is 86.9 Å². The number of aromatic nitrogens is 1. The maximum Gasteiger partial charge on any atom is 0.183 e. The monoisotopic (exact) mass is 208 g/mol. The molecule has 0 amide bonds.